The van der Waals surface area contributed by atoms with Crippen LogP contribution in [0, 0.1) is 6.92 Å². The van der Waals surface area contributed by atoms with Crippen molar-refractivity contribution in [1.82, 2.24) is 25.1 Å². The minimum absolute atomic E-state index is 0.287. The van der Waals surface area contributed by atoms with Crippen LogP contribution in [0.4, 0.5) is 11.9 Å². The number of aryl methyl sites for hydroxylation is 1. The van der Waals surface area contributed by atoms with Gasteiger partial charge in [-0.3, -0.25) is 0 Å². The molecule has 2 rings (SSSR count). The van der Waals surface area contributed by atoms with Crippen molar-refractivity contribution in [2.24, 2.45) is 0 Å². The van der Waals surface area contributed by atoms with E-state index in [9.17, 15) is 0 Å². The van der Waals surface area contributed by atoms with Gasteiger partial charge in [-0.1, -0.05) is 12.1 Å². The molecule has 0 saturated heterocycles. The van der Waals surface area contributed by atoms with E-state index < -0.39 is 0 Å². The summed E-state index contributed by atoms with van der Waals surface area (Å²) in [6.07, 6.45) is 0.882. The highest BCUT2D eigenvalue weighted by Gasteiger charge is 2.08. The highest BCUT2D eigenvalue weighted by atomic mass is 16.5. The van der Waals surface area contributed by atoms with E-state index in [4.69, 9.17) is 9.26 Å². The molecule has 2 aromatic heterocycles. The van der Waals surface area contributed by atoms with Gasteiger partial charge >= 0.3 is 6.01 Å². The van der Waals surface area contributed by atoms with Gasteiger partial charge in [-0.2, -0.15) is 19.9 Å². The summed E-state index contributed by atoms with van der Waals surface area (Å²) in [4.78, 5) is 16.7. The lowest BCUT2D eigenvalue weighted by atomic mass is 10.5. The van der Waals surface area contributed by atoms with Gasteiger partial charge in [-0.05, 0) is 13.3 Å². The Bertz CT molecular complexity index is 572. The summed E-state index contributed by atoms with van der Waals surface area (Å²) < 4.78 is 10.3. The molecule has 0 unspecified atom stereocenters. The number of rotatable bonds is 8. The second kappa shape index (κ2) is 7.36. The lowest BCUT2D eigenvalue weighted by Crippen LogP contribution is -2.11. The van der Waals surface area contributed by atoms with E-state index in [0.717, 1.165) is 6.42 Å². The van der Waals surface area contributed by atoms with E-state index in [1.165, 1.54) is 0 Å². The summed E-state index contributed by atoms with van der Waals surface area (Å²) in [6, 6.07) is 0.287. The molecule has 2 aromatic rings. The summed E-state index contributed by atoms with van der Waals surface area (Å²) >= 11 is 0. The molecule has 0 aromatic carbocycles. The molecule has 0 radical (unpaired) electrons. The second-order valence-corrected chi connectivity index (χ2v) is 4.23. The predicted molar refractivity (Wildman–Crippen MR) is 76.1 cm³/mol. The highest BCUT2D eigenvalue weighted by molar-refractivity contribution is 5.35. The zero-order chi connectivity index (χ0) is 15.1. The summed E-state index contributed by atoms with van der Waals surface area (Å²) in [5.41, 5.74) is 0. The largest absolute Gasteiger partial charge is 0.463 e. The van der Waals surface area contributed by atoms with Crippen LogP contribution in [0.25, 0.3) is 0 Å². The fraction of sp³-hybridized carbons (Fsp3) is 0.583. The monoisotopic (exact) mass is 293 g/mol. The van der Waals surface area contributed by atoms with Crippen molar-refractivity contribution in [3.8, 4) is 6.01 Å². The SMILES string of the molecule is CCCOc1nc(NCC)nc(NCc2noc(C)n2)n1. The Kier molecular flexibility index (Phi) is 5.24. The van der Waals surface area contributed by atoms with E-state index in [1.54, 1.807) is 6.92 Å². The van der Waals surface area contributed by atoms with E-state index in [0.29, 0.717) is 43.3 Å². The molecule has 0 aliphatic carbocycles. The zero-order valence-electron chi connectivity index (χ0n) is 12.4. The Hall–Kier alpha value is -2.45. The van der Waals surface area contributed by atoms with Crippen molar-refractivity contribution in [3.63, 3.8) is 0 Å². The van der Waals surface area contributed by atoms with E-state index in [1.807, 2.05) is 13.8 Å². The maximum atomic E-state index is 5.45. The first kappa shape index (κ1) is 14.9. The van der Waals surface area contributed by atoms with Crippen LogP contribution in [0.15, 0.2) is 4.52 Å². The first-order valence-electron chi connectivity index (χ1n) is 6.87. The molecule has 0 bridgehead atoms. The third kappa shape index (κ3) is 4.55. The van der Waals surface area contributed by atoms with E-state index in [-0.39, 0.29) is 6.01 Å². The molecular formula is C12H19N7O2. The molecule has 0 spiro atoms. The fourth-order valence-electron chi connectivity index (χ4n) is 1.50. The van der Waals surface area contributed by atoms with Gasteiger partial charge in [-0.15, -0.1) is 0 Å². The molecule has 2 N–H and O–H groups in total. The quantitative estimate of drug-likeness (QED) is 0.745. The Morgan fingerprint density at radius 1 is 1.05 bits per heavy atom. The van der Waals surface area contributed by atoms with Crippen LogP contribution in [0.2, 0.25) is 0 Å². The third-order valence-corrected chi connectivity index (χ3v) is 2.36. The number of nitrogens with zero attached hydrogens (tertiary/aromatic N) is 5. The van der Waals surface area contributed by atoms with Crippen LogP contribution in [0.3, 0.4) is 0 Å². The maximum absolute atomic E-state index is 5.45. The van der Waals surface area contributed by atoms with Gasteiger partial charge in [0.05, 0.1) is 13.2 Å². The average molecular weight is 293 g/mol. The van der Waals surface area contributed by atoms with Crippen molar-refractivity contribution in [3.05, 3.63) is 11.7 Å². The molecule has 0 atom stereocenters. The van der Waals surface area contributed by atoms with Gasteiger partial charge in [-0.25, -0.2) is 0 Å². The molecule has 21 heavy (non-hydrogen) atoms. The molecule has 0 saturated carbocycles. The van der Waals surface area contributed by atoms with Gasteiger partial charge in [0, 0.05) is 13.5 Å². The van der Waals surface area contributed by atoms with Gasteiger partial charge in [0.2, 0.25) is 17.8 Å². The van der Waals surface area contributed by atoms with Crippen LogP contribution in [0.5, 0.6) is 6.01 Å². The third-order valence-electron chi connectivity index (χ3n) is 2.36. The molecule has 0 aliphatic heterocycles. The van der Waals surface area contributed by atoms with Gasteiger partial charge < -0.3 is 19.9 Å². The van der Waals surface area contributed by atoms with Crippen LogP contribution in [-0.2, 0) is 6.54 Å². The van der Waals surface area contributed by atoms with Gasteiger partial charge in [0.1, 0.15) is 0 Å². The summed E-state index contributed by atoms with van der Waals surface area (Å²) in [5, 5.41) is 9.85. The topological polar surface area (TPSA) is 111 Å². The van der Waals surface area contributed by atoms with Crippen molar-refractivity contribution < 1.29 is 9.26 Å². The smallest absolute Gasteiger partial charge is 0.323 e. The number of hydrogen-bond donors (Lipinski definition) is 2. The molecule has 0 amide bonds. The number of nitrogens with one attached hydrogen (secondary N) is 2. The average Bonchev–Trinajstić information content (AvgIpc) is 2.89. The van der Waals surface area contributed by atoms with Crippen LogP contribution >= 0.6 is 0 Å². The van der Waals surface area contributed by atoms with Crippen molar-refractivity contribution in [2.45, 2.75) is 33.7 Å². The first-order valence-corrected chi connectivity index (χ1v) is 6.87. The predicted octanol–water partition coefficient (Wildman–Crippen LogP) is 1.40. The summed E-state index contributed by atoms with van der Waals surface area (Å²) in [7, 11) is 0. The molecule has 9 heteroatoms. The van der Waals surface area contributed by atoms with Crippen molar-refractivity contribution in [1.29, 1.82) is 0 Å². The molecular weight excluding hydrogens is 274 g/mol. The molecule has 0 fully saturated rings. The lowest BCUT2D eigenvalue weighted by molar-refractivity contribution is 0.292. The Balaban J connectivity index is 2.07. The first-order chi connectivity index (χ1) is 10.2. The van der Waals surface area contributed by atoms with E-state index >= 15 is 0 Å². The Labute approximate surface area is 122 Å². The van der Waals surface area contributed by atoms with E-state index in [2.05, 4.69) is 35.7 Å². The summed E-state index contributed by atoms with van der Waals surface area (Å²) in [5.74, 6) is 1.91. The Morgan fingerprint density at radius 3 is 2.43 bits per heavy atom. The minimum Gasteiger partial charge on any atom is -0.463 e. The normalized spacial score (nSPS) is 10.4. The Morgan fingerprint density at radius 2 is 1.81 bits per heavy atom. The number of ether oxygens (including phenoxy) is 1. The summed E-state index contributed by atoms with van der Waals surface area (Å²) in [6.45, 7) is 7.34. The lowest BCUT2D eigenvalue weighted by Gasteiger charge is -2.08. The van der Waals surface area contributed by atoms with Crippen molar-refractivity contribution >= 4 is 11.9 Å². The van der Waals surface area contributed by atoms with Gasteiger partial charge in [0.25, 0.3) is 0 Å². The van der Waals surface area contributed by atoms with Crippen LogP contribution in [0.1, 0.15) is 32.0 Å². The van der Waals surface area contributed by atoms with Crippen LogP contribution in [-0.4, -0.2) is 38.2 Å². The standard InChI is InChI=1S/C12H19N7O2/c1-4-6-20-12-17-10(13-5-2)16-11(18-12)14-7-9-15-8(3)21-19-9/h4-7H2,1-3H3,(H2,13,14,16,17,18). The number of aromatic nitrogens is 5. The second-order valence-electron chi connectivity index (χ2n) is 4.23. The number of hydrogen-bond acceptors (Lipinski definition) is 9. The maximum Gasteiger partial charge on any atom is 0.323 e. The zero-order valence-corrected chi connectivity index (χ0v) is 12.4. The number of anilines is 2. The molecule has 0 aliphatic rings. The fourth-order valence-corrected chi connectivity index (χ4v) is 1.50. The van der Waals surface area contributed by atoms with Crippen LogP contribution < -0.4 is 15.4 Å². The van der Waals surface area contributed by atoms with Crippen molar-refractivity contribution in [2.75, 3.05) is 23.8 Å². The molecule has 2 heterocycles. The highest BCUT2D eigenvalue weighted by Crippen LogP contribution is 2.12. The minimum atomic E-state index is 0.287. The molecule has 9 nitrogen and oxygen atoms in total. The van der Waals surface area contributed by atoms with Gasteiger partial charge in [0.15, 0.2) is 5.82 Å². The molecule has 114 valence electrons.